The Bertz CT molecular complexity index is 184. The van der Waals surface area contributed by atoms with E-state index in [4.69, 9.17) is 0 Å². The fourth-order valence-corrected chi connectivity index (χ4v) is 4.45. The second kappa shape index (κ2) is 24.5. The van der Waals surface area contributed by atoms with Crippen molar-refractivity contribution >= 4 is 45.2 Å². The molecule has 2 heteroatoms. The molecule has 0 saturated carbocycles. The molecule has 0 aliphatic carbocycles. The molecular formula is C22H44I2. The standard InChI is InChI=1S/C22H44I2/c23-21-19-17-15-13-11-9-7-5-3-1-2-4-6-8-10-12-14-16-18-20-22-24/h1-22H2. The van der Waals surface area contributed by atoms with Gasteiger partial charge in [-0.2, -0.15) is 0 Å². The summed E-state index contributed by atoms with van der Waals surface area (Å²) >= 11 is 4.99. The third kappa shape index (κ3) is 23.5. The van der Waals surface area contributed by atoms with Crippen molar-refractivity contribution in [2.75, 3.05) is 8.86 Å². The van der Waals surface area contributed by atoms with Crippen molar-refractivity contribution in [3.8, 4) is 0 Å². The number of alkyl halides is 2. The highest BCUT2D eigenvalue weighted by Gasteiger charge is 1.95. The zero-order valence-electron chi connectivity index (χ0n) is 16.3. The van der Waals surface area contributed by atoms with E-state index < -0.39 is 0 Å². The van der Waals surface area contributed by atoms with E-state index in [1.54, 1.807) is 0 Å². The maximum atomic E-state index is 2.49. The predicted molar refractivity (Wildman–Crippen MR) is 130 cm³/mol. The Balaban J connectivity index is 2.93. The lowest BCUT2D eigenvalue weighted by molar-refractivity contribution is 0.523. The third-order valence-electron chi connectivity index (χ3n) is 5.02. The molecule has 0 heterocycles. The van der Waals surface area contributed by atoms with Crippen LogP contribution in [0.4, 0.5) is 0 Å². The quantitative estimate of drug-likeness (QED) is 0.0743. The second-order valence-electron chi connectivity index (χ2n) is 7.45. The van der Waals surface area contributed by atoms with Gasteiger partial charge in [-0.1, -0.05) is 161 Å². The largest absolute Gasteiger partial charge is 0.0864 e. The van der Waals surface area contributed by atoms with Crippen LogP contribution in [0.25, 0.3) is 0 Å². The minimum absolute atomic E-state index is 1.34. The lowest BCUT2D eigenvalue weighted by Gasteiger charge is -2.04. The predicted octanol–water partition coefficient (Wildman–Crippen LogP) is 9.66. The van der Waals surface area contributed by atoms with Gasteiger partial charge in [-0.05, 0) is 21.7 Å². The zero-order chi connectivity index (χ0) is 17.6. The Kier molecular flexibility index (Phi) is 25.9. The number of rotatable bonds is 21. The Labute approximate surface area is 181 Å². The van der Waals surface area contributed by atoms with Crippen LogP contribution < -0.4 is 0 Å². The number of hydrogen-bond donors (Lipinski definition) is 0. The maximum absolute atomic E-state index is 2.49. The van der Waals surface area contributed by atoms with Crippen molar-refractivity contribution < 1.29 is 0 Å². The molecule has 0 spiro atoms. The van der Waals surface area contributed by atoms with Gasteiger partial charge < -0.3 is 0 Å². The first kappa shape index (κ1) is 25.5. The summed E-state index contributed by atoms with van der Waals surface area (Å²) in [6, 6.07) is 0. The van der Waals surface area contributed by atoms with E-state index in [0.717, 1.165) is 0 Å². The van der Waals surface area contributed by atoms with E-state index in [-0.39, 0.29) is 0 Å². The molecule has 24 heavy (non-hydrogen) atoms. The van der Waals surface area contributed by atoms with E-state index in [0.29, 0.717) is 0 Å². The molecule has 0 nitrogen and oxygen atoms in total. The van der Waals surface area contributed by atoms with Crippen molar-refractivity contribution in [3.05, 3.63) is 0 Å². The van der Waals surface area contributed by atoms with Gasteiger partial charge in [0, 0.05) is 0 Å². The topological polar surface area (TPSA) is 0 Å². The van der Waals surface area contributed by atoms with Gasteiger partial charge in [0.2, 0.25) is 0 Å². The summed E-state index contributed by atoms with van der Waals surface area (Å²) in [4.78, 5) is 0. The van der Waals surface area contributed by atoms with Crippen LogP contribution in [0.3, 0.4) is 0 Å². The van der Waals surface area contributed by atoms with E-state index in [9.17, 15) is 0 Å². The van der Waals surface area contributed by atoms with E-state index in [1.807, 2.05) is 0 Å². The van der Waals surface area contributed by atoms with Gasteiger partial charge in [-0.25, -0.2) is 0 Å². The van der Waals surface area contributed by atoms with Gasteiger partial charge >= 0.3 is 0 Å². The SMILES string of the molecule is ICCCCCCCCCCCCCCCCCCCCCCI. The Hall–Kier alpha value is 1.46. The zero-order valence-corrected chi connectivity index (χ0v) is 20.6. The van der Waals surface area contributed by atoms with Crippen LogP contribution in [0, 0.1) is 0 Å². The van der Waals surface area contributed by atoms with Crippen LogP contribution >= 0.6 is 45.2 Å². The van der Waals surface area contributed by atoms with Gasteiger partial charge in [0.15, 0.2) is 0 Å². The summed E-state index contributed by atoms with van der Waals surface area (Å²) in [5.41, 5.74) is 0. The van der Waals surface area contributed by atoms with Crippen LogP contribution in [-0.4, -0.2) is 8.86 Å². The normalized spacial score (nSPS) is 11.2. The average molecular weight is 562 g/mol. The number of hydrogen-bond acceptors (Lipinski definition) is 0. The van der Waals surface area contributed by atoms with Crippen molar-refractivity contribution in [2.45, 2.75) is 128 Å². The fraction of sp³-hybridized carbons (Fsp3) is 1.00. The molecule has 0 aromatic carbocycles. The highest BCUT2D eigenvalue weighted by Crippen LogP contribution is 2.15. The molecule has 0 radical (unpaired) electrons. The Morgan fingerprint density at radius 3 is 0.458 bits per heavy atom. The molecule has 0 unspecified atom stereocenters. The van der Waals surface area contributed by atoms with Gasteiger partial charge in [-0.15, -0.1) is 0 Å². The second-order valence-corrected chi connectivity index (χ2v) is 9.61. The molecule has 0 fully saturated rings. The fourth-order valence-electron chi connectivity index (χ4n) is 3.37. The number of halogens is 2. The molecular weight excluding hydrogens is 518 g/mol. The summed E-state index contributed by atoms with van der Waals surface area (Å²) < 4.78 is 2.69. The minimum Gasteiger partial charge on any atom is -0.0864 e. The van der Waals surface area contributed by atoms with Crippen LogP contribution in [0.5, 0.6) is 0 Å². The Morgan fingerprint density at radius 2 is 0.333 bits per heavy atom. The summed E-state index contributed by atoms with van der Waals surface area (Å²) in [6.45, 7) is 0. The molecule has 0 bridgehead atoms. The Morgan fingerprint density at radius 1 is 0.208 bits per heavy atom. The molecule has 0 aliphatic rings. The molecule has 0 aromatic heterocycles. The van der Waals surface area contributed by atoms with Crippen LogP contribution in [0.1, 0.15) is 128 Å². The van der Waals surface area contributed by atoms with Crippen LogP contribution in [-0.2, 0) is 0 Å². The minimum atomic E-state index is 1.34. The molecule has 0 saturated heterocycles. The lowest BCUT2D eigenvalue weighted by atomic mass is 10.0. The molecule has 0 aliphatic heterocycles. The lowest BCUT2D eigenvalue weighted by Crippen LogP contribution is -1.84. The van der Waals surface area contributed by atoms with Gasteiger partial charge in [0.05, 0.1) is 0 Å². The molecule has 146 valence electrons. The van der Waals surface area contributed by atoms with Gasteiger partial charge in [-0.3, -0.25) is 0 Å². The highest BCUT2D eigenvalue weighted by atomic mass is 127. The van der Waals surface area contributed by atoms with Crippen molar-refractivity contribution in [1.29, 1.82) is 0 Å². The summed E-state index contributed by atoms with van der Waals surface area (Å²) in [5, 5.41) is 0. The van der Waals surface area contributed by atoms with Gasteiger partial charge in [0.25, 0.3) is 0 Å². The third-order valence-corrected chi connectivity index (χ3v) is 6.54. The van der Waals surface area contributed by atoms with Crippen molar-refractivity contribution in [2.24, 2.45) is 0 Å². The van der Waals surface area contributed by atoms with E-state index in [1.165, 1.54) is 137 Å². The van der Waals surface area contributed by atoms with E-state index in [2.05, 4.69) is 45.2 Å². The molecule has 0 rings (SSSR count). The number of unbranched alkanes of at least 4 members (excludes halogenated alkanes) is 19. The summed E-state index contributed by atoms with van der Waals surface area (Å²) in [7, 11) is 0. The van der Waals surface area contributed by atoms with Gasteiger partial charge in [0.1, 0.15) is 0 Å². The first-order valence-electron chi connectivity index (χ1n) is 11.0. The van der Waals surface area contributed by atoms with Crippen molar-refractivity contribution in [1.82, 2.24) is 0 Å². The highest BCUT2D eigenvalue weighted by molar-refractivity contribution is 14.1. The van der Waals surface area contributed by atoms with Crippen LogP contribution in [0.2, 0.25) is 0 Å². The van der Waals surface area contributed by atoms with Crippen molar-refractivity contribution in [3.63, 3.8) is 0 Å². The van der Waals surface area contributed by atoms with Crippen LogP contribution in [0.15, 0.2) is 0 Å². The summed E-state index contributed by atoms with van der Waals surface area (Å²) in [6.07, 6.45) is 29.6. The molecule has 0 N–H and O–H groups in total. The molecule has 0 aromatic rings. The summed E-state index contributed by atoms with van der Waals surface area (Å²) in [5.74, 6) is 0. The maximum Gasteiger partial charge on any atom is -0.000473 e. The first-order chi connectivity index (χ1) is 11.9. The first-order valence-corrected chi connectivity index (χ1v) is 14.1. The molecule has 0 atom stereocenters. The average Bonchev–Trinajstić information content (AvgIpc) is 2.60. The molecule has 0 amide bonds. The smallest absolute Gasteiger partial charge is 0.000473 e. The monoisotopic (exact) mass is 562 g/mol. The van der Waals surface area contributed by atoms with E-state index >= 15 is 0 Å².